The molecule has 2 aromatic carbocycles. The Bertz CT molecular complexity index is 1390. The van der Waals surface area contributed by atoms with Gasteiger partial charge in [0, 0.05) is 22.4 Å². The number of anilines is 1. The number of alkyl halides is 5. The number of nitrogens with one attached hydrogen (secondary N) is 2. The van der Waals surface area contributed by atoms with E-state index in [1.165, 1.54) is 49.6 Å². The van der Waals surface area contributed by atoms with Gasteiger partial charge in [-0.3, -0.25) is 4.79 Å². The molecular weight excluding hydrogens is 495 g/mol. The Hall–Kier alpha value is -3.61. The van der Waals surface area contributed by atoms with Crippen molar-refractivity contribution in [1.29, 1.82) is 4.78 Å². The molecule has 0 radical (unpaired) electrons. The van der Waals surface area contributed by atoms with Crippen LogP contribution >= 0.6 is 0 Å². The topological polar surface area (TPSA) is 105 Å². The summed E-state index contributed by atoms with van der Waals surface area (Å²) in [5.74, 6) is -1.66. The maximum Gasteiger partial charge on any atom is 0.435 e. The summed E-state index contributed by atoms with van der Waals surface area (Å²) in [5.41, 5.74) is -2.59. The molecule has 0 fully saturated rings. The molecule has 0 aliphatic carbocycles. The van der Waals surface area contributed by atoms with Crippen molar-refractivity contribution >= 4 is 21.3 Å². The molecule has 0 saturated carbocycles. The van der Waals surface area contributed by atoms with Crippen molar-refractivity contribution in [2.75, 3.05) is 11.6 Å². The summed E-state index contributed by atoms with van der Waals surface area (Å²) in [6, 6.07) is 8.98. The number of nitrogens with zero attached hydrogens (tertiary/aromatic N) is 2. The van der Waals surface area contributed by atoms with E-state index in [9.17, 15) is 31.0 Å². The molecule has 1 atom stereocenters. The van der Waals surface area contributed by atoms with Crippen molar-refractivity contribution in [3.63, 3.8) is 0 Å². The molecule has 0 saturated heterocycles. The fourth-order valence-electron chi connectivity index (χ4n) is 3.19. The number of aromatic nitrogens is 2. The van der Waals surface area contributed by atoms with Crippen molar-refractivity contribution < 1.29 is 35.7 Å². The second-order valence-corrected chi connectivity index (χ2v) is 9.76. The van der Waals surface area contributed by atoms with Gasteiger partial charge in [0.05, 0.1) is 9.73 Å². The number of hydrogen-bond acceptors (Lipinski definition) is 6. The second kappa shape index (κ2) is 9.56. The predicted octanol–water partition coefficient (Wildman–Crippen LogP) is 6.13. The van der Waals surface area contributed by atoms with Crippen molar-refractivity contribution in [2.24, 2.45) is 0 Å². The van der Waals surface area contributed by atoms with Crippen LogP contribution in [0.3, 0.4) is 0 Å². The standard InChI is InChI=1S/C22H19F5N4O3S/c1-11-9-14(7-8-16(11)19(23)24)34-21-17(12(2)18(30-31-21)22(25,26)27)20(32)29-13-5-4-6-15(10-13)35(3,28)33/h4-10,19,28H,1-3H3,(H,29,32). The van der Waals surface area contributed by atoms with E-state index in [1.807, 2.05) is 0 Å². The lowest BCUT2D eigenvalue weighted by molar-refractivity contribution is -0.142. The summed E-state index contributed by atoms with van der Waals surface area (Å²) in [5, 5.41) is 8.97. The molecular formula is C22H19F5N4O3S. The number of amides is 1. The van der Waals surface area contributed by atoms with Crippen LogP contribution in [-0.4, -0.2) is 26.6 Å². The van der Waals surface area contributed by atoms with Gasteiger partial charge in [0.25, 0.3) is 18.2 Å². The Balaban J connectivity index is 2.06. The minimum Gasteiger partial charge on any atom is -0.437 e. The Morgan fingerprint density at radius 3 is 2.37 bits per heavy atom. The molecule has 1 aromatic heterocycles. The SMILES string of the molecule is Cc1cc(Oc2nnc(C(F)(F)F)c(C)c2C(=O)Nc2cccc(S(C)(=N)=O)c2)ccc1C(F)F. The van der Waals surface area contributed by atoms with Gasteiger partial charge in [-0.25, -0.2) is 17.8 Å². The Kier molecular flexibility index (Phi) is 7.11. The molecule has 1 amide bonds. The number of hydrogen-bond donors (Lipinski definition) is 2. The van der Waals surface area contributed by atoms with Gasteiger partial charge < -0.3 is 10.1 Å². The molecule has 13 heteroatoms. The first-order valence-corrected chi connectivity index (χ1v) is 11.8. The first-order valence-electron chi connectivity index (χ1n) is 9.84. The zero-order valence-corrected chi connectivity index (χ0v) is 19.4. The summed E-state index contributed by atoms with van der Waals surface area (Å²) in [7, 11) is -3.12. The normalized spacial score (nSPS) is 13.4. The summed E-state index contributed by atoms with van der Waals surface area (Å²) in [6.45, 7) is 2.42. The van der Waals surface area contributed by atoms with Gasteiger partial charge in [-0.05, 0) is 61.4 Å². The highest BCUT2D eigenvalue weighted by molar-refractivity contribution is 7.91. The highest BCUT2D eigenvalue weighted by Crippen LogP contribution is 2.36. The molecule has 1 unspecified atom stereocenters. The van der Waals surface area contributed by atoms with Gasteiger partial charge in [-0.1, -0.05) is 6.07 Å². The van der Waals surface area contributed by atoms with Crippen LogP contribution in [-0.2, 0) is 15.9 Å². The van der Waals surface area contributed by atoms with Crippen LogP contribution in [0.4, 0.5) is 27.6 Å². The number of aryl methyl sites for hydroxylation is 1. The van der Waals surface area contributed by atoms with Crippen LogP contribution in [0, 0.1) is 18.6 Å². The summed E-state index contributed by atoms with van der Waals surface area (Å²) in [6.07, 6.45) is -6.48. The van der Waals surface area contributed by atoms with E-state index in [4.69, 9.17) is 9.52 Å². The number of carbonyl (C=O) groups excluding carboxylic acids is 1. The number of rotatable bonds is 6. The molecule has 1 heterocycles. The van der Waals surface area contributed by atoms with Crippen LogP contribution in [0.25, 0.3) is 0 Å². The van der Waals surface area contributed by atoms with Crippen LogP contribution in [0.15, 0.2) is 47.4 Å². The fourth-order valence-corrected chi connectivity index (χ4v) is 3.88. The van der Waals surface area contributed by atoms with Gasteiger partial charge in [-0.2, -0.15) is 13.2 Å². The average molecular weight is 514 g/mol. The van der Waals surface area contributed by atoms with E-state index in [0.717, 1.165) is 13.0 Å². The van der Waals surface area contributed by atoms with Gasteiger partial charge in [-0.15, -0.1) is 10.2 Å². The molecule has 0 bridgehead atoms. The van der Waals surface area contributed by atoms with E-state index >= 15 is 0 Å². The lowest BCUT2D eigenvalue weighted by Crippen LogP contribution is -2.21. The third-order valence-corrected chi connectivity index (χ3v) is 6.07. The summed E-state index contributed by atoms with van der Waals surface area (Å²) >= 11 is 0. The minimum atomic E-state index is -4.92. The number of halogens is 5. The van der Waals surface area contributed by atoms with Gasteiger partial charge in [0.2, 0.25) is 0 Å². The van der Waals surface area contributed by atoms with Crippen LogP contribution < -0.4 is 10.1 Å². The van der Waals surface area contributed by atoms with Crippen molar-refractivity contribution in [3.05, 3.63) is 70.4 Å². The summed E-state index contributed by atoms with van der Waals surface area (Å²) in [4.78, 5) is 13.2. The number of benzene rings is 2. The maximum atomic E-state index is 13.4. The Morgan fingerprint density at radius 1 is 1.11 bits per heavy atom. The van der Waals surface area contributed by atoms with Gasteiger partial charge in [0.15, 0.2) is 5.69 Å². The maximum absolute atomic E-state index is 13.4. The third kappa shape index (κ3) is 5.91. The van der Waals surface area contributed by atoms with Crippen LogP contribution in [0.1, 0.15) is 39.2 Å². The zero-order chi connectivity index (χ0) is 26.1. The molecule has 3 aromatic rings. The highest BCUT2D eigenvalue weighted by atomic mass is 32.2. The zero-order valence-electron chi connectivity index (χ0n) is 18.5. The van der Waals surface area contributed by atoms with Gasteiger partial charge in [0.1, 0.15) is 11.3 Å². The Labute approximate surface area is 197 Å². The van der Waals surface area contributed by atoms with Crippen LogP contribution in [0.5, 0.6) is 11.6 Å². The van der Waals surface area contributed by atoms with Crippen LogP contribution in [0.2, 0.25) is 0 Å². The average Bonchev–Trinajstić information content (AvgIpc) is 2.72. The molecule has 186 valence electrons. The smallest absolute Gasteiger partial charge is 0.435 e. The molecule has 2 N–H and O–H groups in total. The van der Waals surface area contributed by atoms with Crippen molar-refractivity contribution in [1.82, 2.24) is 10.2 Å². The van der Waals surface area contributed by atoms with Crippen molar-refractivity contribution in [3.8, 4) is 11.6 Å². The summed E-state index contributed by atoms with van der Waals surface area (Å²) < 4.78 is 91.5. The molecule has 3 rings (SSSR count). The molecule has 0 aliphatic rings. The van der Waals surface area contributed by atoms with E-state index < -0.39 is 50.9 Å². The quantitative estimate of drug-likeness (QED) is 0.385. The number of carbonyl (C=O) groups is 1. The van der Waals surface area contributed by atoms with Crippen molar-refractivity contribution in [2.45, 2.75) is 31.3 Å². The predicted molar refractivity (Wildman–Crippen MR) is 117 cm³/mol. The fraction of sp³-hybridized carbons (Fsp3) is 0.227. The number of ether oxygens (including phenoxy) is 1. The van der Waals surface area contributed by atoms with E-state index in [-0.39, 0.29) is 27.5 Å². The highest BCUT2D eigenvalue weighted by Gasteiger charge is 2.38. The van der Waals surface area contributed by atoms with Gasteiger partial charge >= 0.3 is 6.18 Å². The first kappa shape index (κ1) is 26.0. The largest absolute Gasteiger partial charge is 0.437 e. The molecule has 0 aliphatic heterocycles. The van der Waals surface area contributed by atoms with E-state index in [1.54, 1.807) is 0 Å². The third-order valence-electron chi connectivity index (χ3n) is 4.91. The lowest BCUT2D eigenvalue weighted by atomic mass is 10.1. The van der Waals surface area contributed by atoms with E-state index in [2.05, 4.69) is 15.5 Å². The minimum absolute atomic E-state index is 0.0451. The van der Waals surface area contributed by atoms with E-state index in [0.29, 0.717) is 0 Å². The second-order valence-electron chi connectivity index (χ2n) is 7.60. The lowest BCUT2D eigenvalue weighted by Gasteiger charge is -2.16. The molecule has 7 nitrogen and oxygen atoms in total. The molecule has 0 spiro atoms. The first-order chi connectivity index (χ1) is 16.2. The molecule has 35 heavy (non-hydrogen) atoms. The monoisotopic (exact) mass is 514 g/mol. The Morgan fingerprint density at radius 2 is 1.80 bits per heavy atom.